The lowest BCUT2D eigenvalue weighted by molar-refractivity contribution is 0.100. The Bertz CT molecular complexity index is 590. The van der Waals surface area contributed by atoms with Crippen molar-refractivity contribution in [2.24, 2.45) is 5.73 Å². The predicted molar refractivity (Wildman–Crippen MR) is 72.7 cm³/mol. The second-order valence-electron chi connectivity index (χ2n) is 4.58. The highest BCUT2D eigenvalue weighted by Crippen LogP contribution is 2.31. The number of thiazole rings is 1. The van der Waals surface area contributed by atoms with Crippen LogP contribution in [0.1, 0.15) is 34.3 Å². The van der Waals surface area contributed by atoms with E-state index in [9.17, 15) is 4.79 Å². The first kappa shape index (κ1) is 11.4. The summed E-state index contributed by atoms with van der Waals surface area (Å²) >= 11 is 1.54. The molecule has 1 aliphatic rings. The summed E-state index contributed by atoms with van der Waals surface area (Å²) in [6, 6.07) is 4.07. The first-order valence-corrected chi connectivity index (χ1v) is 6.99. The average Bonchev–Trinajstić information content (AvgIpc) is 2.91. The van der Waals surface area contributed by atoms with Gasteiger partial charge in [0.25, 0.3) is 0 Å². The molecule has 2 aromatic rings. The van der Waals surface area contributed by atoms with Gasteiger partial charge in [-0.15, -0.1) is 11.3 Å². The van der Waals surface area contributed by atoms with Crippen LogP contribution < -0.4 is 5.73 Å². The Balaban J connectivity index is 2.19. The van der Waals surface area contributed by atoms with Crippen LogP contribution in [0.3, 0.4) is 0 Å². The van der Waals surface area contributed by atoms with E-state index in [1.807, 2.05) is 11.4 Å². The third kappa shape index (κ3) is 1.93. The zero-order chi connectivity index (χ0) is 12.5. The van der Waals surface area contributed by atoms with Gasteiger partial charge in [-0.3, -0.25) is 4.79 Å². The first-order chi connectivity index (χ1) is 8.75. The highest BCUT2D eigenvalue weighted by Gasteiger charge is 2.18. The molecule has 3 nitrogen and oxygen atoms in total. The summed E-state index contributed by atoms with van der Waals surface area (Å²) in [5, 5.41) is 2.79. The van der Waals surface area contributed by atoms with Crippen LogP contribution in [0, 0.1) is 0 Å². The Morgan fingerprint density at radius 1 is 1.22 bits per heavy atom. The minimum absolute atomic E-state index is 0.367. The van der Waals surface area contributed by atoms with E-state index in [4.69, 9.17) is 5.73 Å². The largest absolute Gasteiger partial charge is 0.366 e. The van der Waals surface area contributed by atoms with Crippen LogP contribution in [0.4, 0.5) is 0 Å². The zero-order valence-electron chi connectivity index (χ0n) is 9.98. The highest BCUT2D eigenvalue weighted by atomic mass is 32.1. The van der Waals surface area contributed by atoms with Crippen molar-refractivity contribution in [2.45, 2.75) is 25.7 Å². The molecule has 1 aromatic carbocycles. The molecule has 1 amide bonds. The Morgan fingerprint density at radius 3 is 2.56 bits per heavy atom. The number of carbonyl (C=O) groups is 1. The molecule has 0 unspecified atom stereocenters. The Labute approximate surface area is 110 Å². The van der Waals surface area contributed by atoms with E-state index < -0.39 is 0 Å². The third-order valence-corrected chi connectivity index (χ3v) is 4.22. The lowest BCUT2D eigenvalue weighted by atomic mass is 9.88. The van der Waals surface area contributed by atoms with Gasteiger partial charge in [0.05, 0.1) is 0 Å². The van der Waals surface area contributed by atoms with Crippen molar-refractivity contribution < 1.29 is 4.79 Å². The number of nitrogens with two attached hydrogens (primary N) is 1. The minimum Gasteiger partial charge on any atom is -0.366 e. The van der Waals surface area contributed by atoms with Crippen molar-refractivity contribution in [2.75, 3.05) is 0 Å². The second kappa shape index (κ2) is 4.53. The molecule has 18 heavy (non-hydrogen) atoms. The van der Waals surface area contributed by atoms with Crippen LogP contribution in [0.25, 0.3) is 10.6 Å². The van der Waals surface area contributed by atoms with Crippen molar-refractivity contribution in [1.29, 1.82) is 0 Å². The lowest BCUT2D eigenvalue weighted by Crippen LogP contribution is -2.15. The summed E-state index contributed by atoms with van der Waals surface area (Å²) < 4.78 is 0. The smallest absolute Gasteiger partial charge is 0.249 e. The molecule has 0 spiro atoms. The summed E-state index contributed by atoms with van der Waals surface area (Å²) in [6.07, 6.45) is 6.31. The number of nitrogens with zero attached hydrogens (tertiary/aromatic N) is 1. The molecule has 1 aliphatic carbocycles. The quantitative estimate of drug-likeness (QED) is 0.900. The zero-order valence-corrected chi connectivity index (χ0v) is 10.8. The molecule has 0 radical (unpaired) electrons. The summed E-state index contributed by atoms with van der Waals surface area (Å²) in [4.78, 5) is 15.9. The van der Waals surface area contributed by atoms with Gasteiger partial charge in [0.15, 0.2) is 0 Å². The van der Waals surface area contributed by atoms with Crippen molar-refractivity contribution in [1.82, 2.24) is 4.98 Å². The maximum Gasteiger partial charge on any atom is 0.249 e. The van der Waals surface area contributed by atoms with Crippen LogP contribution in [-0.4, -0.2) is 10.9 Å². The molecule has 4 heteroatoms. The Morgan fingerprint density at radius 2 is 1.94 bits per heavy atom. The molecule has 92 valence electrons. The second-order valence-corrected chi connectivity index (χ2v) is 5.47. The van der Waals surface area contributed by atoms with E-state index in [1.165, 1.54) is 35.3 Å². The molecule has 3 rings (SSSR count). The molecular weight excluding hydrogens is 244 g/mol. The van der Waals surface area contributed by atoms with Gasteiger partial charge < -0.3 is 5.73 Å². The summed E-state index contributed by atoms with van der Waals surface area (Å²) in [5.41, 5.74) is 9.60. The van der Waals surface area contributed by atoms with Gasteiger partial charge in [-0.05, 0) is 48.9 Å². The number of amides is 1. The monoisotopic (exact) mass is 258 g/mol. The van der Waals surface area contributed by atoms with Crippen LogP contribution in [0.5, 0.6) is 0 Å². The standard InChI is InChI=1S/C14H14N2OS/c15-13(17)11-7-9-3-1-2-4-10(9)8-12(11)14-16-5-6-18-14/h5-8H,1-4H2,(H2,15,17). The van der Waals surface area contributed by atoms with Crippen molar-refractivity contribution in [3.05, 3.63) is 40.4 Å². The van der Waals surface area contributed by atoms with Crippen molar-refractivity contribution >= 4 is 17.2 Å². The van der Waals surface area contributed by atoms with E-state index in [2.05, 4.69) is 11.1 Å². The number of fused-ring (bicyclic) bond motifs is 1. The molecule has 0 saturated heterocycles. The van der Waals surface area contributed by atoms with Crippen molar-refractivity contribution in [3.8, 4) is 10.6 Å². The normalized spacial score (nSPS) is 14.2. The van der Waals surface area contributed by atoms with Gasteiger partial charge >= 0.3 is 0 Å². The number of carbonyl (C=O) groups excluding carboxylic acids is 1. The molecule has 1 aromatic heterocycles. The maximum atomic E-state index is 11.6. The molecule has 0 bridgehead atoms. The minimum atomic E-state index is -0.367. The molecule has 0 aliphatic heterocycles. The maximum absolute atomic E-state index is 11.6. The number of primary amides is 1. The molecular formula is C14H14N2OS. The predicted octanol–water partition coefficient (Wildman–Crippen LogP) is 2.79. The molecule has 0 atom stereocenters. The number of aromatic nitrogens is 1. The lowest BCUT2D eigenvalue weighted by Gasteiger charge is -2.18. The fraction of sp³-hybridized carbons (Fsp3) is 0.286. The van der Waals surface area contributed by atoms with Crippen LogP contribution in [-0.2, 0) is 12.8 Å². The van der Waals surface area contributed by atoms with E-state index in [1.54, 1.807) is 6.20 Å². The van der Waals surface area contributed by atoms with Gasteiger partial charge in [0.1, 0.15) is 5.01 Å². The molecule has 2 N–H and O–H groups in total. The average molecular weight is 258 g/mol. The number of aryl methyl sites for hydroxylation is 2. The fourth-order valence-corrected chi connectivity index (χ4v) is 3.19. The Kier molecular flexibility index (Phi) is 2.88. The van der Waals surface area contributed by atoms with Gasteiger partial charge in [-0.2, -0.15) is 0 Å². The summed E-state index contributed by atoms with van der Waals surface area (Å²) in [7, 11) is 0. The van der Waals surface area contributed by atoms with Crippen LogP contribution in [0.15, 0.2) is 23.7 Å². The Hall–Kier alpha value is -1.68. The summed E-state index contributed by atoms with van der Waals surface area (Å²) in [6.45, 7) is 0. The number of hydrogen-bond acceptors (Lipinski definition) is 3. The first-order valence-electron chi connectivity index (χ1n) is 6.11. The highest BCUT2D eigenvalue weighted by molar-refractivity contribution is 7.13. The van der Waals surface area contributed by atoms with Crippen LogP contribution in [0.2, 0.25) is 0 Å². The number of hydrogen-bond donors (Lipinski definition) is 1. The molecule has 0 saturated carbocycles. The van der Waals surface area contributed by atoms with E-state index in [0.29, 0.717) is 5.56 Å². The summed E-state index contributed by atoms with van der Waals surface area (Å²) in [5.74, 6) is -0.367. The molecule has 0 fully saturated rings. The van der Waals surface area contributed by atoms with Gasteiger partial charge in [-0.25, -0.2) is 4.98 Å². The van der Waals surface area contributed by atoms with E-state index in [0.717, 1.165) is 23.4 Å². The van der Waals surface area contributed by atoms with Crippen LogP contribution >= 0.6 is 11.3 Å². The topological polar surface area (TPSA) is 56.0 Å². The SMILES string of the molecule is NC(=O)c1cc2c(cc1-c1nccs1)CCCC2. The number of rotatable bonds is 2. The third-order valence-electron chi connectivity index (χ3n) is 3.41. The van der Waals surface area contributed by atoms with E-state index >= 15 is 0 Å². The van der Waals surface area contributed by atoms with Gasteiger partial charge in [-0.1, -0.05) is 0 Å². The van der Waals surface area contributed by atoms with Gasteiger partial charge in [0.2, 0.25) is 5.91 Å². The van der Waals surface area contributed by atoms with Crippen molar-refractivity contribution in [3.63, 3.8) is 0 Å². The van der Waals surface area contributed by atoms with Gasteiger partial charge in [0, 0.05) is 22.7 Å². The fourth-order valence-electron chi connectivity index (χ4n) is 2.52. The number of benzene rings is 1. The molecule has 1 heterocycles. The van der Waals surface area contributed by atoms with E-state index in [-0.39, 0.29) is 5.91 Å².